The van der Waals surface area contributed by atoms with Gasteiger partial charge in [-0.3, -0.25) is 14.3 Å². The molecular weight excluding hydrogens is 521 g/mol. The number of ether oxygens (including phenoxy) is 2. The maximum atomic E-state index is 12.7. The third kappa shape index (κ3) is 4.13. The number of aliphatic imine (C=N–C) groups is 1. The second-order valence-electron chi connectivity index (χ2n) is 10.7. The summed E-state index contributed by atoms with van der Waals surface area (Å²) in [5, 5.41) is 0. The van der Waals surface area contributed by atoms with Crippen molar-refractivity contribution in [1.82, 2.24) is 29.1 Å². The standard InChI is InChI=1S/C26H32N7O5P/c1-4-26-13-35-20(21(26)38-39-33-12-8-11-17(33)19(37-39)16-9-6-5-7-10-16)24(36-26)32-15-27-18-22(32)29-25(30-23(18)34)28-14-31(2)3/h5-7,9-10,14-15,17,19-21,24H,4,8,11-13H2,1-3H3,(H,29,30,34)/b28-14+/t17-,19+,20-,21?,24+,26+,39+/m0/s1. The van der Waals surface area contributed by atoms with E-state index in [1.807, 2.05) is 20.2 Å². The molecule has 1 unspecified atom stereocenters. The second-order valence-corrected chi connectivity index (χ2v) is 12.1. The summed E-state index contributed by atoms with van der Waals surface area (Å²) in [5.41, 5.74) is 0.804. The maximum Gasteiger partial charge on any atom is 0.280 e. The Morgan fingerprint density at radius 1 is 1.33 bits per heavy atom. The van der Waals surface area contributed by atoms with Crippen LogP contribution in [0, 0.1) is 0 Å². The highest BCUT2D eigenvalue weighted by molar-refractivity contribution is 7.45. The summed E-state index contributed by atoms with van der Waals surface area (Å²) in [6.45, 7) is 3.47. The first-order valence-electron chi connectivity index (χ1n) is 13.4. The van der Waals surface area contributed by atoms with Crippen LogP contribution in [0.1, 0.15) is 44.1 Å². The fraction of sp³-hybridized carbons (Fsp3) is 0.538. The topological polar surface area (TPSA) is 119 Å². The average molecular weight is 554 g/mol. The molecular formula is C26H32N7O5P. The first-order valence-corrected chi connectivity index (χ1v) is 14.5. The Kier molecular flexibility index (Phi) is 6.30. The Labute approximate surface area is 226 Å². The number of nitrogens with one attached hydrogen (secondary N) is 1. The van der Waals surface area contributed by atoms with Crippen LogP contribution in [0.3, 0.4) is 0 Å². The summed E-state index contributed by atoms with van der Waals surface area (Å²) in [5.74, 6) is 0.194. The van der Waals surface area contributed by atoms with Crippen molar-refractivity contribution >= 4 is 32.0 Å². The van der Waals surface area contributed by atoms with Crippen LogP contribution >= 0.6 is 8.53 Å². The van der Waals surface area contributed by atoms with Gasteiger partial charge in [0.05, 0.1) is 19.3 Å². The number of fused-ring (bicyclic) bond motifs is 4. The molecule has 2 aromatic heterocycles. The lowest BCUT2D eigenvalue weighted by atomic mass is 9.96. The molecule has 6 heterocycles. The molecule has 0 saturated carbocycles. The van der Waals surface area contributed by atoms with Crippen molar-refractivity contribution in [1.29, 1.82) is 0 Å². The Morgan fingerprint density at radius 2 is 2.18 bits per heavy atom. The Hall–Kier alpha value is -2.73. The van der Waals surface area contributed by atoms with Crippen LogP contribution in [-0.2, 0) is 18.5 Å². The minimum Gasteiger partial charge on any atom is -0.369 e. The number of hydrogen-bond acceptors (Lipinski definition) is 9. The third-order valence-electron chi connectivity index (χ3n) is 8.04. The first kappa shape index (κ1) is 25.3. The van der Waals surface area contributed by atoms with Gasteiger partial charge in [-0.1, -0.05) is 37.3 Å². The molecule has 7 atom stereocenters. The van der Waals surface area contributed by atoms with E-state index in [1.165, 1.54) is 5.56 Å². The Morgan fingerprint density at radius 3 is 2.97 bits per heavy atom. The van der Waals surface area contributed by atoms with Crippen molar-refractivity contribution in [2.45, 2.75) is 62.4 Å². The molecule has 2 bridgehead atoms. The molecule has 0 aliphatic carbocycles. The van der Waals surface area contributed by atoms with Crippen LogP contribution in [0.5, 0.6) is 0 Å². The van der Waals surface area contributed by atoms with E-state index >= 15 is 0 Å². The predicted molar refractivity (Wildman–Crippen MR) is 145 cm³/mol. The Balaban J connectivity index is 1.19. The first-order chi connectivity index (χ1) is 19.0. The summed E-state index contributed by atoms with van der Waals surface area (Å²) in [6.07, 6.45) is 4.79. The van der Waals surface area contributed by atoms with Gasteiger partial charge in [-0.25, -0.2) is 14.6 Å². The molecule has 3 aromatic rings. The second kappa shape index (κ2) is 9.72. The minimum absolute atomic E-state index is 0.0104. The average Bonchev–Trinajstić information content (AvgIpc) is 3.75. The van der Waals surface area contributed by atoms with E-state index in [0.717, 1.165) is 19.4 Å². The van der Waals surface area contributed by atoms with Gasteiger partial charge in [0.15, 0.2) is 17.4 Å². The highest BCUT2D eigenvalue weighted by Gasteiger charge is 2.64. The normalized spacial score (nSPS) is 34.0. The number of benzene rings is 1. The van der Waals surface area contributed by atoms with E-state index in [0.29, 0.717) is 24.7 Å². The van der Waals surface area contributed by atoms with Crippen LogP contribution < -0.4 is 5.56 Å². The number of hydrogen-bond donors (Lipinski definition) is 1. The van der Waals surface area contributed by atoms with E-state index in [2.05, 4.69) is 55.8 Å². The number of aromatic amines is 1. The summed E-state index contributed by atoms with van der Waals surface area (Å²) in [6, 6.07) is 10.7. The number of nitrogens with zero attached hydrogens (tertiary/aromatic N) is 6. The molecule has 0 amide bonds. The SMILES string of the molecule is CC[C@@]12CO[C@@H](C1O[P@@]1O[C@H](c3ccccc3)[C@@H]3CCCN31)[C@H](n1cnc3c(=O)[nH]c(/N=C/N(C)C)nc31)O2. The summed E-state index contributed by atoms with van der Waals surface area (Å²) in [4.78, 5) is 30.3. The molecule has 4 aliphatic rings. The molecule has 4 fully saturated rings. The van der Waals surface area contributed by atoms with E-state index in [9.17, 15) is 4.79 Å². The van der Waals surface area contributed by atoms with Crippen molar-refractivity contribution in [3.8, 4) is 0 Å². The van der Waals surface area contributed by atoms with Gasteiger partial charge < -0.3 is 23.4 Å². The number of aromatic nitrogens is 4. The third-order valence-corrected chi connectivity index (χ3v) is 9.77. The van der Waals surface area contributed by atoms with Gasteiger partial charge in [-0.05, 0) is 24.8 Å². The van der Waals surface area contributed by atoms with Crippen molar-refractivity contribution in [2.24, 2.45) is 4.99 Å². The highest BCUT2D eigenvalue weighted by atomic mass is 31.2. The summed E-state index contributed by atoms with van der Waals surface area (Å²) >= 11 is 0. The lowest BCUT2D eigenvalue weighted by molar-refractivity contribution is -0.172. The van der Waals surface area contributed by atoms with Crippen LogP contribution in [-0.4, -0.2) is 86.5 Å². The molecule has 1 aromatic carbocycles. The van der Waals surface area contributed by atoms with Gasteiger partial charge >= 0.3 is 0 Å². The van der Waals surface area contributed by atoms with Gasteiger partial charge in [-0.15, -0.1) is 0 Å². The summed E-state index contributed by atoms with van der Waals surface area (Å²) < 4.78 is 30.6. The molecule has 13 heteroatoms. The number of rotatable bonds is 7. The van der Waals surface area contributed by atoms with Crippen molar-refractivity contribution < 1.29 is 18.5 Å². The van der Waals surface area contributed by atoms with E-state index < -0.39 is 26.5 Å². The molecule has 0 radical (unpaired) electrons. The zero-order chi connectivity index (χ0) is 26.7. The van der Waals surface area contributed by atoms with Gasteiger partial charge in [0.2, 0.25) is 5.95 Å². The minimum atomic E-state index is -1.29. The summed E-state index contributed by atoms with van der Waals surface area (Å²) in [7, 11) is 2.40. The molecule has 12 nitrogen and oxygen atoms in total. The van der Waals surface area contributed by atoms with Crippen LogP contribution in [0.15, 0.2) is 46.4 Å². The largest absolute Gasteiger partial charge is 0.369 e. The van der Waals surface area contributed by atoms with E-state index in [1.54, 1.807) is 22.1 Å². The molecule has 4 saturated heterocycles. The zero-order valence-corrected chi connectivity index (χ0v) is 23.0. The van der Waals surface area contributed by atoms with E-state index in [-0.39, 0.29) is 29.2 Å². The molecule has 4 aliphatic heterocycles. The van der Waals surface area contributed by atoms with E-state index in [4.69, 9.17) is 18.5 Å². The molecule has 7 rings (SSSR count). The van der Waals surface area contributed by atoms with Crippen molar-refractivity contribution in [2.75, 3.05) is 27.2 Å². The smallest absolute Gasteiger partial charge is 0.280 e. The van der Waals surface area contributed by atoms with Crippen molar-refractivity contribution in [3.05, 3.63) is 52.6 Å². The fourth-order valence-corrected chi connectivity index (χ4v) is 8.10. The fourth-order valence-electron chi connectivity index (χ4n) is 6.06. The lowest BCUT2D eigenvalue weighted by Crippen LogP contribution is -2.41. The quantitative estimate of drug-likeness (QED) is 0.267. The maximum absolute atomic E-state index is 12.7. The number of H-pyrrole nitrogens is 1. The van der Waals surface area contributed by atoms with Crippen LogP contribution in [0.2, 0.25) is 0 Å². The molecule has 39 heavy (non-hydrogen) atoms. The van der Waals surface area contributed by atoms with Crippen LogP contribution in [0.25, 0.3) is 11.2 Å². The lowest BCUT2D eigenvalue weighted by Gasteiger charge is -2.31. The number of imidazole rings is 1. The van der Waals surface area contributed by atoms with Crippen molar-refractivity contribution in [3.63, 3.8) is 0 Å². The van der Waals surface area contributed by atoms with Gasteiger partial charge in [0.1, 0.15) is 23.9 Å². The molecule has 1 N–H and O–H groups in total. The predicted octanol–water partition coefficient (Wildman–Crippen LogP) is 3.27. The van der Waals surface area contributed by atoms with Gasteiger partial charge in [0.25, 0.3) is 14.1 Å². The monoisotopic (exact) mass is 553 g/mol. The highest BCUT2D eigenvalue weighted by Crippen LogP contribution is 2.63. The zero-order valence-electron chi connectivity index (χ0n) is 22.1. The molecule has 206 valence electrons. The van der Waals surface area contributed by atoms with Crippen LogP contribution in [0.4, 0.5) is 5.95 Å². The molecule has 0 spiro atoms. The van der Waals surface area contributed by atoms with Gasteiger partial charge in [0, 0.05) is 26.7 Å². The van der Waals surface area contributed by atoms with Gasteiger partial charge in [-0.2, -0.15) is 4.98 Å². The Bertz CT molecular complexity index is 1450.